The van der Waals surface area contributed by atoms with E-state index in [-0.39, 0.29) is 0 Å². The lowest BCUT2D eigenvalue weighted by Crippen LogP contribution is -2.41. The Morgan fingerprint density at radius 3 is 2.35 bits per heavy atom. The highest BCUT2D eigenvalue weighted by atomic mass is 16.4. The van der Waals surface area contributed by atoms with Gasteiger partial charge >= 0.3 is 5.97 Å². The SMILES string of the molecule is CC(C)(C)C1CCN(CCC(N)C(=O)O)CC1. The Kier molecular flexibility index (Phi) is 4.95. The fourth-order valence-corrected chi connectivity index (χ4v) is 2.47. The first-order chi connectivity index (χ1) is 7.80. The summed E-state index contributed by atoms with van der Waals surface area (Å²) in [6.45, 7) is 9.86. The summed E-state index contributed by atoms with van der Waals surface area (Å²) in [5.41, 5.74) is 5.90. The highest BCUT2D eigenvalue weighted by Gasteiger charge is 2.28. The molecule has 0 saturated carbocycles. The lowest BCUT2D eigenvalue weighted by atomic mass is 9.75. The van der Waals surface area contributed by atoms with E-state index < -0.39 is 12.0 Å². The number of piperidine rings is 1. The molecule has 0 aromatic heterocycles. The highest BCUT2D eigenvalue weighted by molar-refractivity contribution is 5.72. The van der Waals surface area contributed by atoms with Crippen LogP contribution in [-0.4, -0.2) is 41.7 Å². The molecule has 0 aliphatic carbocycles. The van der Waals surface area contributed by atoms with Crippen LogP contribution >= 0.6 is 0 Å². The van der Waals surface area contributed by atoms with Crippen LogP contribution in [0.2, 0.25) is 0 Å². The number of nitrogens with zero attached hydrogens (tertiary/aromatic N) is 1. The Morgan fingerprint density at radius 1 is 1.41 bits per heavy atom. The molecule has 0 bridgehead atoms. The van der Waals surface area contributed by atoms with Crippen molar-refractivity contribution >= 4 is 5.97 Å². The van der Waals surface area contributed by atoms with Crippen LogP contribution in [0.4, 0.5) is 0 Å². The van der Waals surface area contributed by atoms with Gasteiger partial charge in [0.15, 0.2) is 0 Å². The number of carboxylic acid groups (broad SMARTS) is 1. The third-order valence-electron chi connectivity index (χ3n) is 3.89. The summed E-state index contributed by atoms with van der Waals surface area (Å²) >= 11 is 0. The number of hydrogen-bond donors (Lipinski definition) is 2. The standard InChI is InChI=1S/C13H26N2O2/c1-13(2,3)10-4-7-15(8-5-10)9-6-11(14)12(16)17/h10-11H,4-9,14H2,1-3H3,(H,16,17). The van der Waals surface area contributed by atoms with E-state index >= 15 is 0 Å². The largest absolute Gasteiger partial charge is 0.480 e. The summed E-state index contributed by atoms with van der Waals surface area (Å²) in [5.74, 6) is -0.110. The Balaban J connectivity index is 2.26. The third kappa shape index (κ3) is 4.64. The molecule has 1 aliphatic heterocycles. The van der Waals surface area contributed by atoms with Crippen LogP contribution in [0.15, 0.2) is 0 Å². The van der Waals surface area contributed by atoms with Gasteiger partial charge < -0.3 is 15.7 Å². The zero-order valence-electron chi connectivity index (χ0n) is 11.3. The second-order valence-corrected chi connectivity index (χ2v) is 6.22. The van der Waals surface area contributed by atoms with Crippen LogP contribution in [0, 0.1) is 11.3 Å². The van der Waals surface area contributed by atoms with Crippen LogP contribution in [0.1, 0.15) is 40.0 Å². The van der Waals surface area contributed by atoms with E-state index in [1.54, 1.807) is 0 Å². The number of carboxylic acids is 1. The molecule has 0 amide bonds. The van der Waals surface area contributed by atoms with Crippen molar-refractivity contribution in [1.82, 2.24) is 4.90 Å². The molecule has 3 N–H and O–H groups in total. The predicted octanol–water partition coefficient (Wildman–Crippen LogP) is 1.55. The van der Waals surface area contributed by atoms with Gasteiger partial charge in [0.25, 0.3) is 0 Å². The molecule has 1 unspecified atom stereocenters. The first kappa shape index (κ1) is 14.5. The van der Waals surface area contributed by atoms with Crippen LogP contribution in [-0.2, 0) is 4.79 Å². The number of hydrogen-bond acceptors (Lipinski definition) is 3. The van der Waals surface area contributed by atoms with E-state index in [4.69, 9.17) is 10.8 Å². The van der Waals surface area contributed by atoms with Gasteiger partial charge in [-0.3, -0.25) is 4.79 Å². The molecule has 1 rings (SSSR count). The van der Waals surface area contributed by atoms with Gasteiger partial charge in [0, 0.05) is 6.54 Å². The first-order valence-corrected chi connectivity index (χ1v) is 6.51. The minimum absolute atomic E-state index is 0.392. The van der Waals surface area contributed by atoms with Crippen molar-refractivity contribution in [3.8, 4) is 0 Å². The van der Waals surface area contributed by atoms with Crippen molar-refractivity contribution in [2.75, 3.05) is 19.6 Å². The topological polar surface area (TPSA) is 66.6 Å². The van der Waals surface area contributed by atoms with E-state index in [1.807, 2.05) is 0 Å². The van der Waals surface area contributed by atoms with Gasteiger partial charge in [-0.05, 0) is 43.7 Å². The number of carbonyl (C=O) groups is 1. The summed E-state index contributed by atoms with van der Waals surface area (Å²) in [6, 6.07) is -0.713. The molecule has 100 valence electrons. The first-order valence-electron chi connectivity index (χ1n) is 6.51. The molecule has 0 aromatic carbocycles. The third-order valence-corrected chi connectivity index (χ3v) is 3.89. The number of likely N-dealkylation sites (tertiary alicyclic amines) is 1. The lowest BCUT2D eigenvalue weighted by molar-refractivity contribution is -0.138. The monoisotopic (exact) mass is 242 g/mol. The maximum Gasteiger partial charge on any atom is 0.320 e. The Bertz CT molecular complexity index is 253. The van der Waals surface area contributed by atoms with Gasteiger partial charge in [-0.15, -0.1) is 0 Å². The number of nitrogens with two attached hydrogens (primary N) is 1. The van der Waals surface area contributed by atoms with Crippen LogP contribution in [0.3, 0.4) is 0 Å². The average molecular weight is 242 g/mol. The van der Waals surface area contributed by atoms with Crippen molar-refractivity contribution in [2.45, 2.75) is 46.1 Å². The summed E-state index contributed by atoms with van der Waals surface area (Å²) < 4.78 is 0. The van der Waals surface area contributed by atoms with Gasteiger partial charge in [-0.25, -0.2) is 0 Å². The van der Waals surface area contributed by atoms with E-state index in [0.717, 1.165) is 25.6 Å². The molecule has 0 radical (unpaired) electrons. The van der Waals surface area contributed by atoms with Crippen molar-refractivity contribution in [1.29, 1.82) is 0 Å². The number of aliphatic carboxylic acids is 1. The quantitative estimate of drug-likeness (QED) is 0.785. The number of rotatable bonds is 4. The van der Waals surface area contributed by atoms with Crippen molar-refractivity contribution in [3.05, 3.63) is 0 Å². The maximum atomic E-state index is 10.6. The smallest absolute Gasteiger partial charge is 0.320 e. The average Bonchev–Trinajstić information content (AvgIpc) is 2.25. The fraction of sp³-hybridized carbons (Fsp3) is 0.923. The predicted molar refractivity (Wildman–Crippen MR) is 68.8 cm³/mol. The molecule has 4 heteroatoms. The van der Waals surface area contributed by atoms with Crippen LogP contribution in [0.25, 0.3) is 0 Å². The molecule has 0 spiro atoms. The minimum Gasteiger partial charge on any atom is -0.480 e. The van der Waals surface area contributed by atoms with E-state index in [2.05, 4.69) is 25.7 Å². The van der Waals surface area contributed by atoms with E-state index in [0.29, 0.717) is 11.8 Å². The summed E-state index contributed by atoms with van der Waals surface area (Å²) in [5, 5.41) is 8.72. The van der Waals surface area contributed by atoms with Gasteiger partial charge in [0.2, 0.25) is 0 Å². The maximum absolute atomic E-state index is 10.6. The molecule has 1 heterocycles. The second kappa shape index (κ2) is 5.83. The molecular formula is C13H26N2O2. The summed E-state index contributed by atoms with van der Waals surface area (Å²) in [6.07, 6.45) is 2.98. The van der Waals surface area contributed by atoms with Crippen LogP contribution in [0.5, 0.6) is 0 Å². The minimum atomic E-state index is -0.894. The molecule has 1 saturated heterocycles. The Labute approximate surface area is 104 Å². The van der Waals surface area contributed by atoms with Crippen molar-refractivity contribution in [3.63, 3.8) is 0 Å². The summed E-state index contributed by atoms with van der Waals surface area (Å²) in [7, 11) is 0. The van der Waals surface area contributed by atoms with E-state index in [9.17, 15) is 4.79 Å². The molecule has 0 aromatic rings. The molecule has 4 nitrogen and oxygen atoms in total. The van der Waals surface area contributed by atoms with Gasteiger partial charge in [-0.2, -0.15) is 0 Å². The second-order valence-electron chi connectivity index (χ2n) is 6.22. The molecule has 17 heavy (non-hydrogen) atoms. The van der Waals surface area contributed by atoms with E-state index in [1.165, 1.54) is 12.8 Å². The zero-order chi connectivity index (χ0) is 13.1. The molecule has 1 atom stereocenters. The normalized spacial score (nSPS) is 21.4. The highest BCUT2D eigenvalue weighted by Crippen LogP contribution is 2.34. The molecule has 1 fully saturated rings. The van der Waals surface area contributed by atoms with Crippen LogP contribution < -0.4 is 5.73 Å². The Morgan fingerprint density at radius 2 is 1.94 bits per heavy atom. The van der Waals surface area contributed by atoms with Crippen molar-refractivity contribution < 1.29 is 9.90 Å². The molecule has 1 aliphatic rings. The Hall–Kier alpha value is -0.610. The molecular weight excluding hydrogens is 216 g/mol. The van der Waals surface area contributed by atoms with Gasteiger partial charge in [-0.1, -0.05) is 20.8 Å². The zero-order valence-corrected chi connectivity index (χ0v) is 11.3. The fourth-order valence-electron chi connectivity index (χ4n) is 2.47. The lowest BCUT2D eigenvalue weighted by Gasteiger charge is -2.38. The summed E-state index contributed by atoms with van der Waals surface area (Å²) in [4.78, 5) is 13.0. The van der Waals surface area contributed by atoms with Gasteiger partial charge in [0.1, 0.15) is 6.04 Å². The van der Waals surface area contributed by atoms with Crippen molar-refractivity contribution in [2.24, 2.45) is 17.1 Å². The van der Waals surface area contributed by atoms with Gasteiger partial charge in [0.05, 0.1) is 0 Å².